The van der Waals surface area contributed by atoms with Gasteiger partial charge >= 0.3 is 5.97 Å². The highest BCUT2D eigenvalue weighted by Gasteiger charge is 2.28. The van der Waals surface area contributed by atoms with E-state index in [1.54, 1.807) is 20.4 Å². The largest absolute Gasteiger partial charge is 0.475 e. The van der Waals surface area contributed by atoms with Crippen LogP contribution in [0, 0.1) is 5.92 Å². The average Bonchev–Trinajstić information content (AvgIpc) is 2.70. The molecule has 1 aromatic rings. The second-order valence-corrected chi connectivity index (χ2v) is 6.25. The van der Waals surface area contributed by atoms with Gasteiger partial charge in [0.2, 0.25) is 5.88 Å². The fourth-order valence-corrected chi connectivity index (χ4v) is 3.04. The van der Waals surface area contributed by atoms with Crippen LogP contribution in [-0.2, 0) is 20.8 Å². The van der Waals surface area contributed by atoms with Crippen LogP contribution in [0.4, 0.5) is 0 Å². The summed E-state index contributed by atoms with van der Waals surface area (Å²) in [5.41, 5.74) is 0.939. The molecule has 28 heavy (non-hydrogen) atoms. The van der Waals surface area contributed by atoms with Gasteiger partial charge in [0.05, 0.1) is 19.1 Å². The number of nitrogens with one attached hydrogen (secondary N) is 1. The van der Waals surface area contributed by atoms with E-state index >= 15 is 0 Å². The number of esters is 1. The van der Waals surface area contributed by atoms with E-state index in [9.17, 15) is 4.79 Å². The highest BCUT2D eigenvalue weighted by Crippen LogP contribution is 2.19. The van der Waals surface area contributed by atoms with Crippen molar-refractivity contribution < 1.29 is 19.0 Å². The summed E-state index contributed by atoms with van der Waals surface area (Å²) in [5.74, 6) is 1.11. The highest BCUT2D eigenvalue weighted by atomic mass is 127. The molecular weight excluding hydrogens is 475 g/mol. The van der Waals surface area contributed by atoms with E-state index in [0.717, 1.165) is 30.9 Å². The number of carbonyl (C=O) groups is 1. The first kappa shape index (κ1) is 24.4. The van der Waals surface area contributed by atoms with Crippen molar-refractivity contribution in [1.29, 1.82) is 0 Å². The van der Waals surface area contributed by atoms with Crippen LogP contribution in [0.25, 0.3) is 0 Å². The van der Waals surface area contributed by atoms with Gasteiger partial charge in [-0.05, 0) is 25.8 Å². The second-order valence-electron chi connectivity index (χ2n) is 6.25. The third-order valence-electron chi connectivity index (χ3n) is 4.37. The Labute approximate surface area is 184 Å². The normalized spacial score (nSPS) is 16.9. The maximum atomic E-state index is 12.1. The van der Waals surface area contributed by atoms with Crippen molar-refractivity contribution in [1.82, 2.24) is 15.2 Å². The van der Waals surface area contributed by atoms with Crippen LogP contribution in [0.2, 0.25) is 0 Å². The number of ether oxygens (including phenoxy) is 3. The van der Waals surface area contributed by atoms with E-state index in [1.165, 1.54) is 0 Å². The van der Waals surface area contributed by atoms with Crippen molar-refractivity contribution in [2.75, 3.05) is 47.1 Å². The number of aromatic nitrogens is 1. The van der Waals surface area contributed by atoms with Crippen molar-refractivity contribution in [3.05, 3.63) is 23.9 Å². The lowest BCUT2D eigenvalue weighted by Gasteiger charge is -2.34. The Morgan fingerprint density at radius 1 is 1.43 bits per heavy atom. The standard InChI is InChI=1S/C19H30N4O4.HI/c1-4-26-18(24)16-8-6-10-23(14-16)19(20-2)22-13-15-7-5-9-21-17(15)27-12-11-25-3;/h5,7,9,16H,4,6,8,10-14H2,1-3H3,(H,20,22);1H. The molecule has 0 spiro atoms. The molecule has 1 aromatic heterocycles. The maximum Gasteiger partial charge on any atom is 0.310 e. The average molecular weight is 506 g/mol. The van der Waals surface area contributed by atoms with Gasteiger partial charge in [-0.1, -0.05) is 6.07 Å². The minimum Gasteiger partial charge on any atom is -0.475 e. The number of pyridine rings is 1. The second kappa shape index (κ2) is 13.5. The zero-order valence-corrected chi connectivity index (χ0v) is 19.2. The Bertz CT molecular complexity index is 630. The molecule has 8 nitrogen and oxygen atoms in total. The van der Waals surface area contributed by atoms with Crippen molar-refractivity contribution in [3.63, 3.8) is 0 Å². The number of rotatable bonds is 8. The number of aliphatic imine (C=N–C) groups is 1. The number of likely N-dealkylation sites (tertiary alicyclic amines) is 1. The van der Waals surface area contributed by atoms with Gasteiger partial charge in [-0.3, -0.25) is 9.79 Å². The van der Waals surface area contributed by atoms with Crippen LogP contribution >= 0.6 is 24.0 Å². The quantitative estimate of drug-likeness (QED) is 0.190. The summed E-state index contributed by atoms with van der Waals surface area (Å²) >= 11 is 0. The van der Waals surface area contributed by atoms with Crippen LogP contribution in [0.3, 0.4) is 0 Å². The number of hydrogen-bond donors (Lipinski definition) is 1. The summed E-state index contributed by atoms with van der Waals surface area (Å²) in [7, 11) is 3.38. The molecule has 1 N–H and O–H groups in total. The van der Waals surface area contributed by atoms with E-state index in [4.69, 9.17) is 14.2 Å². The molecule has 0 amide bonds. The molecule has 9 heteroatoms. The number of piperidine rings is 1. The van der Waals surface area contributed by atoms with Crippen molar-refractivity contribution in [2.45, 2.75) is 26.3 Å². The summed E-state index contributed by atoms with van der Waals surface area (Å²) < 4.78 is 15.9. The third-order valence-corrected chi connectivity index (χ3v) is 4.37. The van der Waals surface area contributed by atoms with Gasteiger partial charge in [-0.15, -0.1) is 24.0 Å². The highest BCUT2D eigenvalue weighted by molar-refractivity contribution is 14.0. The molecule has 1 saturated heterocycles. The number of carbonyl (C=O) groups excluding carboxylic acids is 1. The Hall–Kier alpha value is -1.62. The van der Waals surface area contributed by atoms with E-state index in [2.05, 4.69) is 20.2 Å². The molecule has 158 valence electrons. The maximum absolute atomic E-state index is 12.1. The third kappa shape index (κ3) is 7.42. The molecule has 1 unspecified atom stereocenters. The lowest BCUT2D eigenvalue weighted by atomic mass is 9.98. The molecule has 2 heterocycles. The summed E-state index contributed by atoms with van der Waals surface area (Å²) in [6.07, 6.45) is 3.49. The zero-order chi connectivity index (χ0) is 19.5. The molecule has 1 aliphatic heterocycles. The van der Waals surface area contributed by atoms with Gasteiger partial charge in [0, 0.05) is 45.6 Å². The smallest absolute Gasteiger partial charge is 0.310 e. The minimum absolute atomic E-state index is 0. The van der Waals surface area contributed by atoms with Crippen molar-refractivity contribution in [3.8, 4) is 5.88 Å². The predicted molar refractivity (Wildman–Crippen MR) is 118 cm³/mol. The molecule has 0 bridgehead atoms. The predicted octanol–water partition coefficient (Wildman–Crippen LogP) is 2.08. The first-order valence-corrected chi connectivity index (χ1v) is 9.37. The Morgan fingerprint density at radius 3 is 2.96 bits per heavy atom. The first-order valence-electron chi connectivity index (χ1n) is 9.37. The van der Waals surface area contributed by atoms with Gasteiger partial charge in [0.15, 0.2) is 5.96 Å². The summed E-state index contributed by atoms with van der Waals surface area (Å²) in [5, 5.41) is 3.35. The van der Waals surface area contributed by atoms with E-state index in [1.807, 2.05) is 19.1 Å². The number of halogens is 1. The SMILES string of the molecule is CCOC(=O)C1CCCN(C(=NC)NCc2cccnc2OCCOC)C1.I. The topological polar surface area (TPSA) is 85.3 Å². The van der Waals surface area contributed by atoms with E-state index in [0.29, 0.717) is 38.8 Å². The van der Waals surface area contributed by atoms with E-state index in [-0.39, 0.29) is 35.9 Å². The molecule has 0 aromatic carbocycles. The first-order chi connectivity index (χ1) is 13.2. The lowest BCUT2D eigenvalue weighted by molar-refractivity contribution is -0.149. The molecule has 1 aliphatic rings. The minimum atomic E-state index is -0.126. The molecule has 0 radical (unpaired) electrons. The van der Waals surface area contributed by atoms with Gasteiger partial charge in [0.1, 0.15) is 6.61 Å². The lowest BCUT2D eigenvalue weighted by Crippen LogP contribution is -2.48. The van der Waals surface area contributed by atoms with Gasteiger partial charge in [0.25, 0.3) is 0 Å². The molecule has 0 saturated carbocycles. The van der Waals surface area contributed by atoms with Gasteiger partial charge in [-0.25, -0.2) is 4.98 Å². The van der Waals surface area contributed by atoms with Crippen LogP contribution in [-0.4, -0.2) is 68.9 Å². The van der Waals surface area contributed by atoms with Gasteiger partial charge in [-0.2, -0.15) is 0 Å². The Balaban J connectivity index is 0.00000392. The Morgan fingerprint density at radius 2 is 2.25 bits per heavy atom. The molecule has 1 atom stereocenters. The zero-order valence-electron chi connectivity index (χ0n) is 16.8. The molecule has 2 rings (SSSR count). The van der Waals surface area contributed by atoms with Crippen LogP contribution in [0.15, 0.2) is 23.3 Å². The fraction of sp³-hybridized carbons (Fsp3) is 0.632. The molecule has 1 fully saturated rings. The van der Waals surface area contributed by atoms with Crippen LogP contribution < -0.4 is 10.1 Å². The molecular formula is C19H31IN4O4. The number of guanidine groups is 1. The fourth-order valence-electron chi connectivity index (χ4n) is 3.04. The summed E-state index contributed by atoms with van der Waals surface area (Å²) in [6, 6.07) is 3.84. The number of nitrogens with zero attached hydrogens (tertiary/aromatic N) is 3. The summed E-state index contributed by atoms with van der Waals surface area (Å²) in [6.45, 7) is 5.21. The molecule has 0 aliphatic carbocycles. The Kier molecular flexibility index (Phi) is 11.8. The monoisotopic (exact) mass is 506 g/mol. The van der Waals surface area contributed by atoms with E-state index < -0.39 is 0 Å². The van der Waals surface area contributed by atoms with Crippen molar-refractivity contribution >= 4 is 35.9 Å². The number of hydrogen-bond acceptors (Lipinski definition) is 6. The van der Waals surface area contributed by atoms with Crippen molar-refractivity contribution in [2.24, 2.45) is 10.9 Å². The number of methoxy groups -OCH3 is 1. The van der Waals surface area contributed by atoms with Gasteiger partial charge < -0.3 is 24.4 Å². The summed E-state index contributed by atoms with van der Waals surface area (Å²) in [4.78, 5) is 22.8. The van der Waals surface area contributed by atoms with Crippen LogP contribution in [0.1, 0.15) is 25.3 Å². The van der Waals surface area contributed by atoms with Crippen LogP contribution in [0.5, 0.6) is 5.88 Å².